The van der Waals surface area contributed by atoms with Crippen molar-refractivity contribution >= 4 is 11.8 Å². The zero-order chi connectivity index (χ0) is 14.8. The molecule has 2 rings (SSSR count). The molecule has 0 saturated carbocycles. The largest absolute Gasteiger partial charge is 0.478 e. The van der Waals surface area contributed by atoms with Crippen LogP contribution in [0.3, 0.4) is 0 Å². The van der Waals surface area contributed by atoms with Gasteiger partial charge >= 0.3 is 5.97 Å². The normalized spacial score (nSPS) is 18.1. The van der Waals surface area contributed by atoms with Crippen molar-refractivity contribution in [1.82, 2.24) is 4.98 Å². The number of hydrogen-bond acceptors (Lipinski definition) is 4. The highest BCUT2D eigenvalue weighted by molar-refractivity contribution is 5.88. The molecule has 1 aliphatic heterocycles. The van der Waals surface area contributed by atoms with Gasteiger partial charge in [0, 0.05) is 18.8 Å². The highest BCUT2D eigenvalue weighted by atomic mass is 16.5. The molecule has 0 radical (unpaired) electrons. The maximum atomic E-state index is 11.2. The summed E-state index contributed by atoms with van der Waals surface area (Å²) in [6.45, 7) is 8.22. The quantitative estimate of drug-likeness (QED) is 0.916. The Balaban J connectivity index is 2.32. The first-order chi connectivity index (χ1) is 9.41. The van der Waals surface area contributed by atoms with Crippen molar-refractivity contribution in [2.75, 3.05) is 24.6 Å². The van der Waals surface area contributed by atoms with Crippen LogP contribution in [0, 0.1) is 0 Å². The van der Waals surface area contributed by atoms with Gasteiger partial charge in [0.1, 0.15) is 5.82 Å². The Kier molecular flexibility index (Phi) is 4.28. The number of carboxylic acid groups (broad SMARTS) is 1. The molecule has 0 amide bonds. The summed E-state index contributed by atoms with van der Waals surface area (Å²) in [5, 5.41) is 9.23. The third kappa shape index (κ3) is 3.48. The van der Waals surface area contributed by atoms with Crippen molar-refractivity contribution in [3.63, 3.8) is 0 Å². The Morgan fingerprint density at radius 2 is 2.25 bits per heavy atom. The van der Waals surface area contributed by atoms with Crippen LogP contribution in [0.2, 0.25) is 0 Å². The number of ether oxygens (including phenoxy) is 1. The van der Waals surface area contributed by atoms with E-state index in [4.69, 9.17) is 4.74 Å². The van der Waals surface area contributed by atoms with Gasteiger partial charge in [-0.2, -0.15) is 0 Å². The molecule has 5 heteroatoms. The molecule has 0 aliphatic carbocycles. The van der Waals surface area contributed by atoms with E-state index in [1.165, 1.54) is 0 Å². The smallest absolute Gasteiger partial charge is 0.335 e. The van der Waals surface area contributed by atoms with Gasteiger partial charge in [-0.05, 0) is 32.4 Å². The fourth-order valence-corrected chi connectivity index (χ4v) is 2.45. The molecule has 110 valence electrons. The van der Waals surface area contributed by atoms with Gasteiger partial charge in [-0.1, -0.05) is 13.3 Å². The highest BCUT2D eigenvalue weighted by Gasteiger charge is 2.28. The van der Waals surface area contributed by atoms with Crippen LogP contribution in [-0.2, 0) is 11.2 Å². The summed E-state index contributed by atoms with van der Waals surface area (Å²) in [6.07, 6.45) is 1.74. The lowest BCUT2D eigenvalue weighted by molar-refractivity contribution is -0.0279. The minimum Gasteiger partial charge on any atom is -0.478 e. The molecule has 1 aliphatic rings. The van der Waals surface area contributed by atoms with Gasteiger partial charge in [-0.15, -0.1) is 0 Å². The zero-order valence-electron chi connectivity index (χ0n) is 12.3. The molecule has 2 heterocycles. The van der Waals surface area contributed by atoms with E-state index in [-0.39, 0.29) is 5.60 Å². The number of morpholine rings is 1. The van der Waals surface area contributed by atoms with Gasteiger partial charge in [0.2, 0.25) is 0 Å². The van der Waals surface area contributed by atoms with E-state index in [1.807, 2.05) is 13.8 Å². The molecular formula is C15H22N2O3. The maximum Gasteiger partial charge on any atom is 0.335 e. The van der Waals surface area contributed by atoms with Gasteiger partial charge in [-0.3, -0.25) is 0 Å². The number of hydrogen-bond donors (Lipinski definition) is 1. The summed E-state index contributed by atoms with van der Waals surface area (Å²) in [5.41, 5.74) is 0.916. The molecule has 1 aromatic rings. The first-order valence-electron chi connectivity index (χ1n) is 7.04. The van der Waals surface area contributed by atoms with Crippen LogP contribution in [0.15, 0.2) is 12.1 Å². The van der Waals surface area contributed by atoms with Crippen molar-refractivity contribution in [2.24, 2.45) is 0 Å². The molecule has 5 nitrogen and oxygen atoms in total. The summed E-state index contributed by atoms with van der Waals surface area (Å²) >= 11 is 0. The summed E-state index contributed by atoms with van der Waals surface area (Å²) in [4.78, 5) is 18.0. The van der Waals surface area contributed by atoms with Crippen molar-refractivity contribution in [2.45, 2.75) is 39.2 Å². The minimum atomic E-state index is -0.904. The number of pyridine rings is 1. The second-order valence-corrected chi connectivity index (χ2v) is 5.79. The molecular weight excluding hydrogens is 256 g/mol. The second-order valence-electron chi connectivity index (χ2n) is 5.79. The first-order valence-corrected chi connectivity index (χ1v) is 7.04. The van der Waals surface area contributed by atoms with E-state index in [9.17, 15) is 9.90 Å². The molecule has 0 aromatic carbocycles. The van der Waals surface area contributed by atoms with Gasteiger partial charge < -0.3 is 14.7 Å². The molecule has 1 aromatic heterocycles. The van der Waals surface area contributed by atoms with E-state index in [0.717, 1.165) is 30.9 Å². The number of carboxylic acids is 1. The predicted molar refractivity (Wildman–Crippen MR) is 77.4 cm³/mol. The number of aromatic carboxylic acids is 1. The SMILES string of the molecule is CCCc1cc(C(=O)O)cc(N2CCOC(C)(C)C2)n1. The topological polar surface area (TPSA) is 62.7 Å². The fraction of sp³-hybridized carbons (Fsp3) is 0.600. The summed E-state index contributed by atoms with van der Waals surface area (Å²) in [7, 11) is 0. The number of aryl methyl sites for hydroxylation is 1. The molecule has 1 N–H and O–H groups in total. The molecule has 0 spiro atoms. The molecule has 1 fully saturated rings. The Labute approximate surface area is 119 Å². The van der Waals surface area contributed by atoms with Crippen LogP contribution < -0.4 is 4.90 Å². The third-order valence-electron chi connectivity index (χ3n) is 3.37. The van der Waals surface area contributed by atoms with Gasteiger partial charge in [0.05, 0.1) is 17.8 Å². The zero-order valence-corrected chi connectivity index (χ0v) is 12.3. The van der Waals surface area contributed by atoms with Crippen LogP contribution in [0.5, 0.6) is 0 Å². The molecule has 20 heavy (non-hydrogen) atoms. The fourth-order valence-electron chi connectivity index (χ4n) is 2.45. The average molecular weight is 278 g/mol. The maximum absolute atomic E-state index is 11.2. The van der Waals surface area contributed by atoms with Crippen LogP contribution in [0.25, 0.3) is 0 Å². The number of rotatable bonds is 4. The molecule has 0 atom stereocenters. The van der Waals surface area contributed by atoms with E-state index in [0.29, 0.717) is 18.7 Å². The Hall–Kier alpha value is -1.62. The van der Waals surface area contributed by atoms with Crippen molar-refractivity contribution in [3.8, 4) is 0 Å². The lowest BCUT2D eigenvalue weighted by Gasteiger charge is -2.39. The standard InChI is InChI=1S/C15H22N2O3/c1-4-5-12-8-11(14(18)19)9-13(16-12)17-6-7-20-15(2,3)10-17/h8-9H,4-7,10H2,1-3H3,(H,18,19). The predicted octanol–water partition coefficient (Wildman–Crippen LogP) is 2.35. The third-order valence-corrected chi connectivity index (χ3v) is 3.37. The lowest BCUT2D eigenvalue weighted by atomic mass is 10.1. The number of nitrogens with zero attached hydrogens (tertiary/aromatic N) is 2. The van der Waals surface area contributed by atoms with E-state index in [1.54, 1.807) is 12.1 Å². The summed E-state index contributed by atoms with van der Waals surface area (Å²) in [6, 6.07) is 3.32. The van der Waals surface area contributed by atoms with Crippen LogP contribution in [0.4, 0.5) is 5.82 Å². The monoisotopic (exact) mass is 278 g/mol. The van der Waals surface area contributed by atoms with Crippen molar-refractivity contribution in [1.29, 1.82) is 0 Å². The van der Waals surface area contributed by atoms with Crippen LogP contribution in [0.1, 0.15) is 43.2 Å². The van der Waals surface area contributed by atoms with E-state index < -0.39 is 5.97 Å². The lowest BCUT2D eigenvalue weighted by Crippen LogP contribution is -2.48. The molecule has 0 bridgehead atoms. The van der Waals surface area contributed by atoms with Crippen LogP contribution >= 0.6 is 0 Å². The van der Waals surface area contributed by atoms with Gasteiger partial charge in [-0.25, -0.2) is 9.78 Å². The summed E-state index contributed by atoms with van der Waals surface area (Å²) < 4.78 is 5.69. The Bertz CT molecular complexity index is 500. The van der Waals surface area contributed by atoms with Crippen molar-refractivity contribution < 1.29 is 14.6 Å². The van der Waals surface area contributed by atoms with E-state index >= 15 is 0 Å². The molecule has 0 unspecified atom stereocenters. The molecule has 1 saturated heterocycles. The van der Waals surface area contributed by atoms with Gasteiger partial charge in [0.15, 0.2) is 0 Å². The number of anilines is 1. The van der Waals surface area contributed by atoms with Crippen molar-refractivity contribution in [3.05, 3.63) is 23.4 Å². The van der Waals surface area contributed by atoms with Gasteiger partial charge in [0.25, 0.3) is 0 Å². The Morgan fingerprint density at radius 3 is 2.85 bits per heavy atom. The first kappa shape index (κ1) is 14.8. The minimum absolute atomic E-state index is 0.232. The Morgan fingerprint density at radius 1 is 1.50 bits per heavy atom. The second kappa shape index (κ2) is 5.79. The highest BCUT2D eigenvalue weighted by Crippen LogP contribution is 2.23. The summed E-state index contributed by atoms with van der Waals surface area (Å²) in [5.74, 6) is -0.164. The van der Waals surface area contributed by atoms with E-state index in [2.05, 4.69) is 16.8 Å². The number of aromatic nitrogens is 1. The average Bonchev–Trinajstić information content (AvgIpc) is 2.37. The van der Waals surface area contributed by atoms with Crippen LogP contribution in [-0.4, -0.2) is 41.4 Å². The number of carbonyl (C=O) groups is 1.